The number of likely N-dealkylation sites (N-methyl/N-ethyl adjacent to an activating group) is 1. The van der Waals surface area contributed by atoms with Gasteiger partial charge >= 0.3 is 0 Å². The second-order valence-corrected chi connectivity index (χ2v) is 4.43. The van der Waals surface area contributed by atoms with Crippen molar-refractivity contribution in [2.24, 2.45) is 0 Å². The Morgan fingerprint density at radius 2 is 2.11 bits per heavy atom. The lowest BCUT2D eigenvalue weighted by molar-refractivity contribution is 0.112. The molecule has 6 heteroatoms. The molecule has 1 atom stereocenters. The third kappa shape index (κ3) is 3.92. The molecule has 100 valence electrons. The van der Waals surface area contributed by atoms with Gasteiger partial charge in [-0.25, -0.2) is 9.97 Å². The summed E-state index contributed by atoms with van der Waals surface area (Å²) in [6.07, 6.45) is 2.02. The number of anilines is 1. The van der Waals surface area contributed by atoms with Crippen LogP contribution in [-0.4, -0.2) is 46.8 Å². The second kappa shape index (κ2) is 7.28. The minimum Gasteiger partial charge on any atom is -0.366 e. The van der Waals surface area contributed by atoms with E-state index in [4.69, 9.17) is 11.6 Å². The zero-order chi connectivity index (χ0) is 13.5. The van der Waals surface area contributed by atoms with E-state index < -0.39 is 0 Å². The van der Waals surface area contributed by atoms with Crippen LogP contribution >= 0.6 is 11.6 Å². The van der Waals surface area contributed by atoms with E-state index in [2.05, 4.69) is 34.0 Å². The molecule has 1 aromatic rings. The molecular formula is C12H19ClN4O. The summed E-state index contributed by atoms with van der Waals surface area (Å²) >= 11 is 5.84. The lowest BCUT2D eigenvalue weighted by Gasteiger charge is -2.24. The molecule has 0 spiro atoms. The van der Waals surface area contributed by atoms with Crippen LogP contribution in [0.5, 0.6) is 0 Å². The molecule has 1 heterocycles. The summed E-state index contributed by atoms with van der Waals surface area (Å²) in [5, 5.41) is 3.37. The van der Waals surface area contributed by atoms with Crippen LogP contribution in [0, 0.1) is 0 Å². The van der Waals surface area contributed by atoms with Gasteiger partial charge in [-0.2, -0.15) is 0 Å². The normalized spacial score (nSPS) is 12.5. The number of halogens is 1. The van der Waals surface area contributed by atoms with Crippen molar-refractivity contribution in [2.45, 2.75) is 26.8 Å². The highest BCUT2D eigenvalue weighted by molar-refractivity contribution is 6.32. The molecule has 0 saturated carbocycles. The first kappa shape index (κ1) is 14.9. The molecule has 0 aromatic carbocycles. The maximum absolute atomic E-state index is 10.9. The molecular weight excluding hydrogens is 252 g/mol. The quantitative estimate of drug-likeness (QED) is 0.607. The van der Waals surface area contributed by atoms with Gasteiger partial charge in [-0.05, 0) is 20.0 Å². The van der Waals surface area contributed by atoms with Gasteiger partial charge in [0, 0.05) is 12.6 Å². The largest absolute Gasteiger partial charge is 0.366 e. The van der Waals surface area contributed by atoms with Crippen molar-refractivity contribution in [3.05, 3.63) is 17.0 Å². The molecule has 1 aromatic heterocycles. The van der Waals surface area contributed by atoms with Gasteiger partial charge in [-0.15, -0.1) is 0 Å². The van der Waals surface area contributed by atoms with Gasteiger partial charge in [0.25, 0.3) is 0 Å². The van der Waals surface area contributed by atoms with Gasteiger partial charge in [0.15, 0.2) is 6.29 Å². The number of hydrogen-bond acceptors (Lipinski definition) is 5. The van der Waals surface area contributed by atoms with Crippen molar-refractivity contribution in [3.63, 3.8) is 0 Å². The topological polar surface area (TPSA) is 58.1 Å². The average Bonchev–Trinajstić information content (AvgIpc) is 2.36. The summed E-state index contributed by atoms with van der Waals surface area (Å²) in [6.45, 7) is 9.15. The van der Waals surface area contributed by atoms with Crippen LogP contribution in [0.3, 0.4) is 0 Å². The SMILES string of the molecule is CCN(CC)CC(C)Nc1ncnc(Cl)c1C=O. The summed E-state index contributed by atoms with van der Waals surface area (Å²) in [7, 11) is 0. The van der Waals surface area contributed by atoms with Crippen LogP contribution in [-0.2, 0) is 0 Å². The Morgan fingerprint density at radius 3 is 2.67 bits per heavy atom. The van der Waals surface area contributed by atoms with E-state index in [9.17, 15) is 4.79 Å². The van der Waals surface area contributed by atoms with Crippen LogP contribution < -0.4 is 5.32 Å². The predicted molar refractivity (Wildman–Crippen MR) is 73.3 cm³/mol. The van der Waals surface area contributed by atoms with Gasteiger partial charge < -0.3 is 10.2 Å². The standard InChI is InChI=1S/C12H19ClN4O/c1-4-17(5-2)6-9(3)16-12-10(7-18)11(13)14-8-15-12/h7-9H,4-6H2,1-3H3,(H,14,15,16). The Labute approximate surface area is 113 Å². The van der Waals surface area contributed by atoms with Crippen LogP contribution in [0.15, 0.2) is 6.33 Å². The number of carbonyl (C=O) groups is 1. The average molecular weight is 271 g/mol. The summed E-state index contributed by atoms with van der Waals surface area (Å²) in [4.78, 5) is 21.1. The Balaban J connectivity index is 2.72. The molecule has 0 aliphatic heterocycles. The molecule has 0 amide bonds. The lowest BCUT2D eigenvalue weighted by atomic mass is 10.2. The van der Waals surface area contributed by atoms with Crippen molar-refractivity contribution in [2.75, 3.05) is 25.0 Å². The summed E-state index contributed by atoms with van der Waals surface area (Å²) in [6, 6.07) is 0.176. The van der Waals surface area contributed by atoms with Gasteiger partial charge in [0.05, 0.1) is 5.56 Å². The first-order chi connectivity index (χ1) is 8.62. The molecule has 0 aliphatic rings. The Hall–Kier alpha value is -1.20. The van der Waals surface area contributed by atoms with Crippen LogP contribution in [0.1, 0.15) is 31.1 Å². The first-order valence-electron chi connectivity index (χ1n) is 6.06. The van der Waals surface area contributed by atoms with Crippen molar-refractivity contribution in [1.29, 1.82) is 0 Å². The number of carbonyl (C=O) groups excluding carboxylic acids is 1. The van der Waals surface area contributed by atoms with Crippen LogP contribution in [0.25, 0.3) is 0 Å². The van der Waals surface area contributed by atoms with E-state index in [-0.39, 0.29) is 11.2 Å². The number of aromatic nitrogens is 2. The fourth-order valence-corrected chi connectivity index (χ4v) is 1.92. The molecule has 1 rings (SSSR count). The molecule has 1 N–H and O–H groups in total. The number of hydrogen-bond donors (Lipinski definition) is 1. The van der Waals surface area contributed by atoms with E-state index in [1.807, 2.05) is 6.92 Å². The van der Waals surface area contributed by atoms with Gasteiger partial charge in [0.2, 0.25) is 0 Å². The maximum Gasteiger partial charge on any atom is 0.156 e. The van der Waals surface area contributed by atoms with Crippen molar-refractivity contribution >= 4 is 23.7 Å². The smallest absolute Gasteiger partial charge is 0.156 e. The Bertz CT molecular complexity index is 396. The number of rotatable bonds is 7. The van der Waals surface area contributed by atoms with Crippen LogP contribution in [0.4, 0.5) is 5.82 Å². The summed E-state index contributed by atoms with van der Waals surface area (Å²) in [5.74, 6) is 0.490. The van der Waals surface area contributed by atoms with E-state index >= 15 is 0 Å². The molecule has 0 bridgehead atoms. The van der Waals surface area contributed by atoms with Gasteiger partial charge in [-0.1, -0.05) is 25.4 Å². The molecule has 0 saturated heterocycles. The highest BCUT2D eigenvalue weighted by Crippen LogP contribution is 2.17. The molecule has 0 fully saturated rings. The van der Waals surface area contributed by atoms with E-state index in [1.165, 1.54) is 6.33 Å². The van der Waals surface area contributed by atoms with Gasteiger partial charge in [-0.3, -0.25) is 4.79 Å². The number of aldehydes is 1. The highest BCUT2D eigenvalue weighted by atomic mass is 35.5. The lowest BCUT2D eigenvalue weighted by Crippen LogP contribution is -2.35. The van der Waals surface area contributed by atoms with Crippen molar-refractivity contribution in [3.8, 4) is 0 Å². The summed E-state index contributed by atoms with van der Waals surface area (Å²) in [5.41, 5.74) is 0.311. The van der Waals surface area contributed by atoms with E-state index in [1.54, 1.807) is 0 Å². The number of nitrogens with one attached hydrogen (secondary N) is 1. The second-order valence-electron chi connectivity index (χ2n) is 4.08. The van der Waals surface area contributed by atoms with E-state index in [0.717, 1.165) is 19.6 Å². The van der Waals surface area contributed by atoms with Gasteiger partial charge in [0.1, 0.15) is 17.3 Å². The van der Waals surface area contributed by atoms with Crippen molar-refractivity contribution in [1.82, 2.24) is 14.9 Å². The fraction of sp³-hybridized carbons (Fsp3) is 0.583. The van der Waals surface area contributed by atoms with Crippen molar-refractivity contribution < 1.29 is 4.79 Å². The highest BCUT2D eigenvalue weighted by Gasteiger charge is 2.12. The first-order valence-corrected chi connectivity index (χ1v) is 6.44. The molecule has 0 radical (unpaired) electrons. The van der Waals surface area contributed by atoms with E-state index in [0.29, 0.717) is 17.7 Å². The molecule has 1 unspecified atom stereocenters. The molecule has 18 heavy (non-hydrogen) atoms. The third-order valence-corrected chi connectivity index (χ3v) is 3.06. The molecule has 0 aliphatic carbocycles. The predicted octanol–water partition coefficient (Wildman–Crippen LogP) is 2.08. The minimum absolute atomic E-state index is 0.176. The zero-order valence-corrected chi connectivity index (χ0v) is 11.7. The minimum atomic E-state index is 0.176. The number of nitrogens with zero attached hydrogens (tertiary/aromatic N) is 3. The fourth-order valence-electron chi connectivity index (χ4n) is 1.74. The summed E-state index contributed by atoms with van der Waals surface area (Å²) < 4.78 is 0. The third-order valence-electron chi connectivity index (χ3n) is 2.76. The molecule has 5 nitrogen and oxygen atoms in total. The monoisotopic (exact) mass is 270 g/mol. The van der Waals surface area contributed by atoms with Crippen LogP contribution in [0.2, 0.25) is 5.15 Å². The Kier molecular flexibility index (Phi) is 6.01. The zero-order valence-electron chi connectivity index (χ0n) is 11.0. The maximum atomic E-state index is 10.9. The Morgan fingerprint density at radius 1 is 1.44 bits per heavy atom.